The molecule has 1 saturated carbocycles. The standard InChI is InChI=1S/C65H72F2N12O9/c1-6-10-48-33-77(63(83)60-71-54(74-86-60)42-11-8-7-9-12-42)52(57(80)68-48)30-37(4)28-39-13-16-41(17-14-39)49-34-79(65(85)62-73-56(76-88-62)44-21-25-47(67)26-22-44)53(59(82)69-49)31-38(5)29-40-15-18-45(32-40)50-35-78(51(27-36(2)3)58(81)70-50)64(84)61-72-55(75-87-61)43-19-23-46(66)24-20-43/h7-9,11-14,16-17,19-26,36-38,40,45,48-53H,6,10,15,18,27-35H2,1-5H3,(H,68,80)(H,69,82)(H,70,81). The van der Waals surface area contributed by atoms with Crippen molar-refractivity contribution < 1.29 is 51.1 Å². The van der Waals surface area contributed by atoms with Crippen LogP contribution in [0.5, 0.6) is 0 Å². The molecule has 4 aliphatic rings. The predicted molar refractivity (Wildman–Crippen MR) is 316 cm³/mol. The molecule has 3 N–H and O–H groups in total. The zero-order valence-corrected chi connectivity index (χ0v) is 49.8. The van der Waals surface area contributed by atoms with Crippen LogP contribution in [0.3, 0.4) is 0 Å². The lowest BCUT2D eigenvalue weighted by Gasteiger charge is -2.41. The number of amides is 6. The second-order valence-corrected chi connectivity index (χ2v) is 24.7. The van der Waals surface area contributed by atoms with Gasteiger partial charge < -0.3 is 44.2 Å². The van der Waals surface area contributed by atoms with Gasteiger partial charge >= 0.3 is 35.4 Å². The van der Waals surface area contributed by atoms with E-state index in [0.29, 0.717) is 55.3 Å². The van der Waals surface area contributed by atoms with Crippen molar-refractivity contribution in [2.45, 2.75) is 135 Å². The van der Waals surface area contributed by atoms with Crippen LogP contribution < -0.4 is 16.0 Å². The van der Waals surface area contributed by atoms with Gasteiger partial charge in [-0.2, -0.15) is 15.0 Å². The average molecular weight is 1200 g/mol. The summed E-state index contributed by atoms with van der Waals surface area (Å²) in [5, 5.41) is 21.6. The minimum absolute atomic E-state index is 0.0456. The van der Waals surface area contributed by atoms with Gasteiger partial charge in [-0.15, -0.1) is 0 Å². The predicted octanol–water partition coefficient (Wildman–Crippen LogP) is 9.06. The Morgan fingerprint density at radius 1 is 0.557 bits per heavy atom. The Morgan fingerprint density at radius 2 is 1.05 bits per heavy atom. The summed E-state index contributed by atoms with van der Waals surface area (Å²) in [5.41, 5.74) is 3.32. The maximum Gasteiger partial charge on any atom is 0.316 e. The van der Waals surface area contributed by atoms with E-state index in [-0.39, 0.29) is 108 Å². The number of aromatic nitrogens is 6. The number of piperazine rings is 3. The largest absolute Gasteiger partial charge is 0.350 e. The van der Waals surface area contributed by atoms with E-state index in [2.05, 4.69) is 53.3 Å². The van der Waals surface area contributed by atoms with Gasteiger partial charge in [0, 0.05) is 48.4 Å². The Hall–Kier alpha value is -9.02. The first-order valence-electron chi connectivity index (χ1n) is 30.5. The third kappa shape index (κ3) is 13.7. The van der Waals surface area contributed by atoms with Crippen LogP contribution in [-0.4, -0.2) is 130 Å². The van der Waals surface area contributed by atoms with Crippen molar-refractivity contribution in [2.24, 2.45) is 29.6 Å². The number of nitrogens with zero attached hydrogens (tertiary/aromatic N) is 9. The highest BCUT2D eigenvalue weighted by molar-refractivity contribution is 5.97. The van der Waals surface area contributed by atoms with Crippen molar-refractivity contribution in [1.82, 2.24) is 61.1 Å². The van der Waals surface area contributed by atoms with Gasteiger partial charge in [0.15, 0.2) is 0 Å². The van der Waals surface area contributed by atoms with Crippen LogP contribution in [0.1, 0.15) is 142 Å². The quantitative estimate of drug-likeness (QED) is 0.0642. The zero-order chi connectivity index (χ0) is 61.8. The van der Waals surface area contributed by atoms with Crippen LogP contribution in [0.15, 0.2) is 117 Å². The van der Waals surface area contributed by atoms with E-state index < -0.39 is 53.5 Å². The van der Waals surface area contributed by atoms with Crippen molar-refractivity contribution in [3.63, 3.8) is 0 Å². The Bertz CT molecular complexity index is 3620. The molecule has 7 aromatic rings. The van der Waals surface area contributed by atoms with E-state index >= 15 is 0 Å². The number of carbonyl (C=O) groups excluding carboxylic acids is 6. The molecule has 11 rings (SSSR count). The van der Waals surface area contributed by atoms with Crippen LogP contribution in [-0.2, 0) is 20.8 Å². The molecule has 10 unspecified atom stereocenters. The minimum atomic E-state index is -0.910. The van der Waals surface area contributed by atoms with Gasteiger partial charge in [0.05, 0.1) is 6.04 Å². The van der Waals surface area contributed by atoms with Crippen LogP contribution >= 0.6 is 0 Å². The summed E-state index contributed by atoms with van der Waals surface area (Å²) in [6.45, 7) is 10.7. The second-order valence-electron chi connectivity index (χ2n) is 24.7. The number of halogens is 2. The van der Waals surface area contributed by atoms with Gasteiger partial charge in [-0.05, 0) is 141 Å². The third-order valence-electron chi connectivity index (χ3n) is 17.5. The van der Waals surface area contributed by atoms with E-state index in [4.69, 9.17) is 13.6 Å². The molecular weight excluding hydrogens is 1130 g/mol. The number of carbonyl (C=O) groups is 6. The van der Waals surface area contributed by atoms with Crippen LogP contribution in [0.4, 0.5) is 8.78 Å². The summed E-state index contributed by atoms with van der Waals surface area (Å²) in [6.07, 6.45) is 6.31. The number of benzene rings is 4. The Morgan fingerprint density at radius 3 is 1.59 bits per heavy atom. The molecule has 23 heteroatoms. The summed E-state index contributed by atoms with van der Waals surface area (Å²) in [6, 6.07) is 24.3. The van der Waals surface area contributed by atoms with Gasteiger partial charge in [0.2, 0.25) is 35.2 Å². The van der Waals surface area contributed by atoms with Gasteiger partial charge in [-0.3, -0.25) is 28.8 Å². The molecular formula is C65H72F2N12O9. The molecule has 0 spiro atoms. The summed E-state index contributed by atoms with van der Waals surface area (Å²) < 4.78 is 44.0. The number of hydrogen-bond donors (Lipinski definition) is 3. The molecule has 4 aromatic carbocycles. The van der Waals surface area contributed by atoms with E-state index in [1.165, 1.54) is 53.4 Å². The number of rotatable bonds is 20. The molecule has 3 aliphatic heterocycles. The molecule has 0 bridgehead atoms. The van der Waals surface area contributed by atoms with Crippen molar-refractivity contribution in [3.8, 4) is 34.2 Å². The number of nitrogens with one attached hydrogen (secondary N) is 3. The average Bonchev–Trinajstić information content (AvgIpc) is 3.40. The first kappa shape index (κ1) is 60.7. The van der Waals surface area contributed by atoms with Crippen molar-refractivity contribution in [2.75, 3.05) is 19.6 Å². The molecule has 88 heavy (non-hydrogen) atoms. The fraction of sp³-hybridized carbons (Fsp3) is 0.446. The highest BCUT2D eigenvalue weighted by Crippen LogP contribution is 2.40. The summed E-state index contributed by atoms with van der Waals surface area (Å²) in [4.78, 5) is 103. The third-order valence-corrected chi connectivity index (χ3v) is 17.5. The molecule has 3 aromatic heterocycles. The van der Waals surface area contributed by atoms with Crippen molar-refractivity contribution >= 4 is 35.4 Å². The smallest absolute Gasteiger partial charge is 0.316 e. The first-order valence-corrected chi connectivity index (χ1v) is 30.5. The van der Waals surface area contributed by atoms with Gasteiger partial charge in [-0.25, -0.2) is 8.78 Å². The normalized spacial score (nSPS) is 23.0. The lowest BCUT2D eigenvalue weighted by Crippen LogP contribution is -2.63. The van der Waals surface area contributed by atoms with Crippen LogP contribution in [0.2, 0.25) is 0 Å². The Labute approximate surface area is 507 Å². The highest BCUT2D eigenvalue weighted by atomic mass is 19.1. The SMILES string of the molecule is CCCC1CN(C(=O)c2nc(-c3ccccc3)no2)C(CC(C)Cc2ccc(C3CN(C(=O)c4nc(-c5ccc(F)cc5)no4)C(CC(C)CC4CCC(C5CN(C(=O)c6nc(-c7ccc(F)cc7)no6)C(CC(C)C)C(=O)N5)C4)C(=O)N3)cc2)C(=O)N1. The summed E-state index contributed by atoms with van der Waals surface area (Å²) >= 11 is 0. The van der Waals surface area contributed by atoms with Gasteiger partial charge in [0.1, 0.15) is 29.8 Å². The van der Waals surface area contributed by atoms with E-state index in [1.807, 2.05) is 82.3 Å². The molecule has 21 nitrogen and oxygen atoms in total. The molecule has 6 amide bonds. The molecule has 1 aliphatic carbocycles. The molecule has 3 saturated heterocycles. The molecule has 4 fully saturated rings. The maximum absolute atomic E-state index is 14.7. The molecule has 0 radical (unpaired) electrons. The van der Waals surface area contributed by atoms with E-state index in [1.54, 1.807) is 9.80 Å². The van der Waals surface area contributed by atoms with Gasteiger partial charge in [0.25, 0.3) is 0 Å². The Kier molecular flexibility index (Phi) is 18.3. The monoisotopic (exact) mass is 1200 g/mol. The maximum atomic E-state index is 14.7. The molecule has 460 valence electrons. The first-order chi connectivity index (χ1) is 42.4. The van der Waals surface area contributed by atoms with Gasteiger partial charge in [-0.1, -0.05) is 118 Å². The van der Waals surface area contributed by atoms with Crippen LogP contribution in [0.25, 0.3) is 34.2 Å². The fourth-order valence-electron chi connectivity index (χ4n) is 13.2. The lowest BCUT2D eigenvalue weighted by atomic mass is 9.86. The fourth-order valence-corrected chi connectivity index (χ4v) is 13.2. The lowest BCUT2D eigenvalue weighted by molar-refractivity contribution is -0.131. The second kappa shape index (κ2) is 26.5. The minimum Gasteiger partial charge on any atom is -0.350 e. The van der Waals surface area contributed by atoms with E-state index in [0.717, 1.165) is 43.2 Å². The zero-order valence-electron chi connectivity index (χ0n) is 49.8. The molecule has 6 heterocycles. The van der Waals surface area contributed by atoms with Crippen LogP contribution in [0, 0.1) is 41.2 Å². The summed E-state index contributed by atoms with van der Waals surface area (Å²) in [7, 11) is 0. The van der Waals surface area contributed by atoms with Crippen molar-refractivity contribution in [1.29, 1.82) is 0 Å². The van der Waals surface area contributed by atoms with E-state index in [9.17, 15) is 37.5 Å². The Balaban J connectivity index is 0.751. The van der Waals surface area contributed by atoms with Crippen molar-refractivity contribution in [3.05, 3.63) is 144 Å². The highest BCUT2D eigenvalue weighted by Gasteiger charge is 2.46. The number of hydrogen-bond acceptors (Lipinski definition) is 15. The summed E-state index contributed by atoms with van der Waals surface area (Å²) in [5.74, 6) is -3.44. The molecule has 10 atom stereocenters. The topological polar surface area (TPSA) is 265 Å².